The third kappa shape index (κ3) is 4.50. The molecule has 1 atom stereocenters. The monoisotopic (exact) mass is 414 g/mol. The first-order chi connectivity index (χ1) is 13.5. The van der Waals surface area contributed by atoms with Crippen LogP contribution in [-0.4, -0.2) is 44.3 Å². The summed E-state index contributed by atoms with van der Waals surface area (Å²) in [6.07, 6.45) is 1.18. The SMILES string of the molecule is CS(=O)(=O)c1ccc(-c2csc([C@@H]3CN(Cc4ccccc4)CCO3)n2)cc1. The minimum Gasteiger partial charge on any atom is -0.368 e. The zero-order valence-corrected chi connectivity index (χ0v) is 17.2. The molecule has 1 aliphatic heterocycles. The average Bonchev–Trinajstić information content (AvgIpc) is 3.19. The molecule has 5 nitrogen and oxygen atoms in total. The van der Waals surface area contributed by atoms with E-state index in [-0.39, 0.29) is 6.10 Å². The summed E-state index contributed by atoms with van der Waals surface area (Å²) in [4.78, 5) is 7.47. The molecule has 0 saturated carbocycles. The Bertz CT molecular complexity index is 1030. The van der Waals surface area contributed by atoms with Crippen molar-refractivity contribution in [2.24, 2.45) is 0 Å². The number of nitrogens with zero attached hydrogens (tertiary/aromatic N) is 2. The van der Waals surface area contributed by atoms with E-state index in [2.05, 4.69) is 29.2 Å². The van der Waals surface area contributed by atoms with Gasteiger partial charge in [-0.2, -0.15) is 0 Å². The van der Waals surface area contributed by atoms with Crippen molar-refractivity contribution in [3.05, 3.63) is 70.5 Å². The van der Waals surface area contributed by atoms with Gasteiger partial charge in [0.05, 0.1) is 17.2 Å². The molecular formula is C21H22N2O3S2. The lowest BCUT2D eigenvalue weighted by atomic mass is 10.2. The fourth-order valence-electron chi connectivity index (χ4n) is 3.28. The Hall–Kier alpha value is -2.06. The molecule has 0 N–H and O–H groups in total. The Labute approximate surface area is 169 Å². The van der Waals surface area contributed by atoms with Gasteiger partial charge in [-0.25, -0.2) is 13.4 Å². The highest BCUT2D eigenvalue weighted by Crippen LogP contribution is 2.30. The quantitative estimate of drug-likeness (QED) is 0.636. The summed E-state index contributed by atoms with van der Waals surface area (Å²) in [5.74, 6) is 0. The van der Waals surface area contributed by atoms with E-state index in [1.807, 2.05) is 11.4 Å². The molecule has 0 radical (unpaired) electrons. The largest absolute Gasteiger partial charge is 0.368 e. The number of morpholine rings is 1. The normalized spacial score (nSPS) is 18.2. The number of sulfone groups is 1. The van der Waals surface area contributed by atoms with Gasteiger partial charge >= 0.3 is 0 Å². The molecule has 2 aromatic carbocycles. The van der Waals surface area contributed by atoms with E-state index in [0.29, 0.717) is 11.5 Å². The lowest BCUT2D eigenvalue weighted by Crippen LogP contribution is -2.37. The number of ether oxygens (including phenoxy) is 1. The van der Waals surface area contributed by atoms with E-state index in [1.54, 1.807) is 35.6 Å². The van der Waals surface area contributed by atoms with Crippen molar-refractivity contribution in [3.63, 3.8) is 0 Å². The van der Waals surface area contributed by atoms with Crippen molar-refractivity contribution >= 4 is 21.2 Å². The maximum Gasteiger partial charge on any atom is 0.175 e. The fourth-order valence-corrected chi connectivity index (χ4v) is 4.78. The predicted molar refractivity (Wildman–Crippen MR) is 111 cm³/mol. The van der Waals surface area contributed by atoms with Crippen LogP contribution in [0.25, 0.3) is 11.3 Å². The maximum atomic E-state index is 11.6. The van der Waals surface area contributed by atoms with Crippen LogP contribution < -0.4 is 0 Å². The molecule has 28 heavy (non-hydrogen) atoms. The van der Waals surface area contributed by atoms with Crippen LogP contribution in [0.3, 0.4) is 0 Å². The minimum atomic E-state index is -3.19. The first-order valence-electron chi connectivity index (χ1n) is 9.13. The molecule has 0 aliphatic carbocycles. The summed E-state index contributed by atoms with van der Waals surface area (Å²) in [6, 6.07) is 17.3. The molecule has 4 rings (SSSR count). The predicted octanol–water partition coefficient (Wildman–Crippen LogP) is 3.79. The zero-order chi connectivity index (χ0) is 19.6. The van der Waals surface area contributed by atoms with E-state index in [0.717, 1.165) is 35.9 Å². The Morgan fingerprint density at radius 1 is 1.14 bits per heavy atom. The number of hydrogen-bond donors (Lipinski definition) is 0. The van der Waals surface area contributed by atoms with Gasteiger partial charge in [-0.05, 0) is 17.7 Å². The first kappa shape index (κ1) is 19.3. The number of hydrogen-bond acceptors (Lipinski definition) is 6. The van der Waals surface area contributed by atoms with Crippen molar-refractivity contribution in [2.45, 2.75) is 17.5 Å². The summed E-state index contributed by atoms with van der Waals surface area (Å²) in [6.45, 7) is 3.33. The van der Waals surface area contributed by atoms with Gasteiger partial charge in [-0.1, -0.05) is 42.5 Å². The summed E-state index contributed by atoms with van der Waals surface area (Å²) < 4.78 is 29.2. The summed E-state index contributed by atoms with van der Waals surface area (Å²) >= 11 is 1.59. The molecule has 0 unspecified atom stereocenters. The third-order valence-electron chi connectivity index (χ3n) is 4.78. The second kappa shape index (κ2) is 8.13. The van der Waals surface area contributed by atoms with E-state index in [9.17, 15) is 8.42 Å². The van der Waals surface area contributed by atoms with Gasteiger partial charge in [0, 0.05) is 36.8 Å². The Balaban J connectivity index is 1.46. The van der Waals surface area contributed by atoms with Gasteiger partial charge in [-0.15, -0.1) is 11.3 Å². The Kier molecular flexibility index (Phi) is 5.59. The van der Waals surface area contributed by atoms with Crippen molar-refractivity contribution in [2.75, 3.05) is 26.0 Å². The molecule has 1 aliphatic rings. The fraction of sp³-hybridized carbons (Fsp3) is 0.286. The van der Waals surface area contributed by atoms with Gasteiger partial charge in [0.25, 0.3) is 0 Å². The molecule has 1 fully saturated rings. The summed E-state index contributed by atoms with van der Waals surface area (Å²) in [5.41, 5.74) is 3.06. The van der Waals surface area contributed by atoms with Crippen molar-refractivity contribution in [3.8, 4) is 11.3 Å². The van der Waals surface area contributed by atoms with Gasteiger partial charge in [0.2, 0.25) is 0 Å². The number of thiazole rings is 1. The van der Waals surface area contributed by atoms with Crippen LogP contribution in [0.5, 0.6) is 0 Å². The minimum absolute atomic E-state index is 0.0356. The molecule has 7 heteroatoms. The van der Waals surface area contributed by atoms with E-state index in [4.69, 9.17) is 9.72 Å². The second-order valence-electron chi connectivity index (χ2n) is 6.95. The lowest BCUT2D eigenvalue weighted by molar-refractivity contribution is -0.0329. The molecule has 2 heterocycles. The smallest absolute Gasteiger partial charge is 0.175 e. The molecule has 0 spiro atoms. The lowest BCUT2D eigenvalue weighted by Gasteiger charge is -2.32. The van der Waals surface area contributed by atoms with Crippen LogP contribution >= 0.6 is 11.3 Å². The molecular weight excluding hydrogens is 392 g/mol. The van der Waals surface area contributed by atoms with Crippen LogP contribution in [0.4, 0.5) is 0 Å². The van der Waals surface area contributed by atoms with Crippen LogP contribution in [0, 0.1) is 0 Å². The van der Waals surface area contributed by atoms with Gasteiger partial charge in [0.15, 0.2) is 9.84 Å². The highest BCUT2D eigenvalue weighted by molar-refractivity contribution is 7.90. The van der Waals surface area contributed by atoms with Gasteiger partial charge < -0.3 is 4.74 Å². The topological polar surface area (TPSA) is 59.5 Å². The molecule has 1 saturated heterocycles. The highest BCUT2D eigenvalue weighted by Gasteiger charge is 2.24. The Morgan fingerprint density at radius 2 is 1.89 bits per heavy atom. The Morgan fingerprint density at radius 3 is 2.61 bits per heavy atom. The molecule has 1 aromatic heterocycles. The van der Waals surface area contributed by atoms with Gasteiger partial charge in [-0.3, -0.25) is 4.90 Å². The van der Waals surface area contributed by atoms with Crippen LogP contribution in [-0.2, 0) is 21.1 Å². The van der Waals surface area contributed by atoms with Crippen molar-refractivity contribution < 1.29 is 13.2 Å². The van der Waals surface area contributed by atoms with Crippen LogP contribution in [0.15, 0.2) is 64.9 Å². The summed E-state index contributed by atoms with van der Waals surface area (Å²) in [7, 11) is -3.19. The maximum absolute atomic E-state index is 11.6. The third-order valence-corrected chi connectivity index (χ3v) is 6.84. The van der Waals surface area contributed by atoms with Crippen molar-refractivity contribution in [1.82, 2.24) is 9.88 Å². The first-order valence-corrected chi connectivity index (χ1v) is 11.9. The number of aromatic nitrogens is 1. The number of rotatable bonds is 5. The average molecular weight is 415 g/mol. The molecule has 146 valence electrons. The summed E-state index contributed by atoms with van der Waals surface area (Å²) in [5, 5.41) is 2.96. The molecule has 0 bridgehead atoms. The standard InChI is InChI=1S/C21H22N2O3S2/c1-28(24,25)18-9-7-17(8-10-18)19-15-27-21(22-19)20-14-23(11-12-26-20)13-16-5-3-2-4-6-16/h2-10,15,20H,11-14H2,1H3/t20-/m0/s1. The van der Waals surface area contributed by atoms with E-state index in [1.165, 1.54) is 11.8 Å². The zero-order valence-electron chi connectivity index (χ0n) is 15.6. The van der Waals surface area contributed by atoms with E-state index < -0.39 is 9.84 Å². The van der Waals surface area contributed by atoms with Crippen LogP contribution in [0.2, 0.25) is 0 Å². The van der Waals surface area contributed by atoms with Crippen molar-refractivity contribution in [1.29, 1.82) is 0 Å². The van der Waals surface area contributed by atoms with Gasteiger partial charge in [0.1, 0.15) is 11.1 Å². The highest BCUT2D eigenvalue weighted by atomic mass is 32.2. The van der Waals surface area contributed by atoms with Crippen LogP contribution in [0.1, 0.15) is 16.7 Å². The molecule has 0 amide bonds. The van der Waals surface area contributed by atoms with E-state index >= 15 is 0 Å². The molecule has 3 aromatic rings. The number of benzene rings is 2. The second-order valence-corrected chi connectivity index (χ2v) is 9.85.